The first kappa shape index (κ1) is 15.1. The second-order valence-corrected chi connectivity index (χ2v) is 5.17. The van der Waals surface area contributed by atoms with E-state index >= 15 is 0 Å². The molecule has 0 spiro atoms. The molecule has 4 heteroatoms. The average molecular weight is 284 g/mol. The Morgan fingerprint density at radius 1 is 1.19 bits per heavy atom. The summed E-state index contributed by atoms with van der Waals surface area (Å²) in [6.07, 6.45) is 0.609. The van der Waals surface area contributed by atoms with Crippen LogP contribution in [-0.4, -0.2) is 17.6 Å². The van der Waals surface area contributed by atoms with Crippen molar-refractivity contribution in [1.29, 1.82) is 0 Å². The van der Waals surface area contributed by atoms with Gasteiger partial charge in [0.05, 0.1) is 5.56 Å². The van der Waals surface area contributed by atoms with Crippen molar-refractivity contribution in [3.8, 4) is 0 Å². The zero-order valence-corrected chi connectivity index (χ0v) is 12.3. The highest BCUT2D eigenvalue weighted by Gasteiger charge is 2.12. The predicted molar refractivity (Wildman–Crippen MR) is 85.5 cm³/mol. The van der Waals surface area contributed by atoms with Gasteiger partial charge in [-0.3, -0.25) is 4.79 Å². The standard InChI is InChI=1S/C17H20N2O2/c1-11-9-12(2)16(18)15(10-11)17(21)19-14-5-3-13(4-6-14)7-8-20/h3-6,9-10,20H,7-8,18H2,1-2H3,(H,19,21). The number of aryl methyl sites for hydroxylation is 2. The van der Waals surface area contributed by atoms with Crippen molar-refractivity contribution in [3.05, 3.63) is 58.7 Å². The molecule has 0 aliphatic rings. The van der Waals surface area contributed by atoms with Crippen molar-refractivity contribution in [2.75, 3.05) is 17.7 Å². The van der Waals surface area contributed by atoms with Crippen molar-refractivity contribution in [3.63, 3.8) is 0 Å². The Morgan fingerprint density at radius 3 is 2.48 bits per heavy atom. The van der Waals surface area contributed by atoms with Crippen LogP contribution in [0.25, 0.3) is 0 Å². The number of carbonyl (C=O) groups excluding carboxylic acids is 1. The number of anilines is 2. The van der Waals surface area contributed by atoms with Crippen molar-refractivity contribution < 1.29 is 9.90 Å². The summed E-state index contributed by atoms with van der Waals surface area (Å²) < 4.78 is 0. The van der Waals surface area contributed by atoms with Crippen LogP contribution in [-0.2, 0) is 6.42 Å². The van der Waals surface area contributed by atoms with Gasteiger partial charge in [-0.2, -0.15) is 0 Å². The predicted octanol–water partition coefficient (Wildman–Crippen LogP) is 2.67. The summed E-state index contributed by atoms with van der Waals surface area (Å²) in [6.45, 7) is 3.94. The third-order valence-corrected chi connectivity index (χ3v) is 3.39. The van der Waals surface area contributed by atoms with Gasteiger partial charge in [0.1, 0.15) is 0 Å². The van der Waals surface area contributed by atoms with Gasteiger partial charge in [-0.1, -0.05) is 18.2 Å². The first-order valence-corrected chi connectivity index (χ1v) is 6.89. The number of carbonyl (C=O) groups is 1. The number of amides is 1. The van der Waals surface area contributed by atoms with Crippen molar-refractivity contribution in [2.24, 2.45) is 0 Å². The Labute approximate surface area is 124 Å². The minimum Gasteiger partial charge on any atom is -0.398 e. The number of hydrogen-bond donors (Lipinski definition) is 3. The van der Waals surface area contributed by atoms with E-state index < -0.39 is 0 Å². The molecule has 110 valence electrons. The third-order valence-electron chi connectivity index (χ3n) is 3.39. The number of aliphatic hydroxyl groups is 1. The topological polar surface area (TPSA) is 75.4 Å². The maximum Gasteiger partial charge on any atom is 0.257 e. The van der Waals surface area contributed by atoms with E-state index in [0.29, 0.717) is 23.4 Å². The molecule has 0 fully saturated rings. The van der Waals surface area contributed by atoms with Crippen molar-refractivity contribution in [2.45, 2.75) is 20.3 Å². The molecule has 0 aliphatic heterocycles. The minimum atomic E-state index is -0.214. The maximum atomic E-state index is 12.3. The van der Waals surface area contributed by atoms with Crippen LogP contribution in [0.15, 0.2) is 36.4 Å². The zero-order chi connectivity index (χ0) is 15.4. The lowest BCUT2D eigenvalue weighted by Gasteiger charge is -2.11. The Hall–Kier alpha value is -2.33. The lowest BCUT2D eigenvalue weighted by molar-refractivity contribution is 0.102. The molecule has 0 bridgehead atoms. The highest BCUT2D eigenvalue weighted by molar-refractivity contribution is 6.08. The van der Waals surface area contributed by atoms with Crippen molar-refractivity contribution in [1.82, 2.24) is 0 Å². The van der Waals surface area contributed by atoms with Crippen LogP contribution in [0.1, 0.15) is 27.0 Å². The molecule has 0 saturated carbocycles. The molecule has 0 aliphatic carbocycles. The summed E-state index contributed by atoms with van der Waals surface area (Å²) in [7, 11) is 0. The fourth-order valence-corrected chi connectivity index (χ4v) is 2.25. The lowest BCUT2D eigenvalue weighted by atomic mass is 10.0. The van der Waals surface area contributed by atoms with Gasteiger partial charge in [-0.15, -0.1) is 0 Å². The molecule has 21 heavy (non-hydrogen) atoms. The maximum absolute atomic E-state index is 12.3. The fraction of sp³-hybridized carbons (Fsp3) is 0.235. The highest BCUT2D eigenvalue weighted by Crippen LogP contribution is 2.21. The average Bonchev–Trinajstić information content (AvgIpc) is 2.45. The highest BCUT2D eigenvalue weighted by atomic mass is 16.2. The summed E-state index contributed by atoms with van der Waals surface area (Å²) in [4.78, 5) is 12.3. The minimum absolute atomic E-state index is 0.116. The first-order valence-electron chi connectivity index (χ1n) is 6.89. The molecule has 4 nitrogen and oxygen atoms in total. The number of rotatable bonds is 4. The molecule has 2 rings (SSSR count). The Bertz CT molecular complexity index is 649. The van der Waals surface area contributed by atoms with Gasteiger partial charge in [-0.05, 0) is 55.2 Å². The number of aliphatic hydroxyl groups excluding tert-OH is 1. The molecular formula is C17H20N2O2. The number of nitrogens with two attached hydrogens (primary N) is 1. The summed E-state index contributed by atoms with van der Waals surface area (Å²) in [5.41, 5.74) is 10.6. The normalized spacial score (nSPS) is 10.4. The quantitative estimate of drug-likeness (QED) is 0.756. The van der Waals surface area contributed by atoms with Gasteiger partial charge < -0.3 is 16.2 Å². The number of benzene rings is 2. The van der Waals surface area contributed by atoms with E-state index in [9.17, 15) is 4.79 Å². The molecule has 0 aromatic heterocycles. The molecule has 0 unspecified atom stereocenters. The van der Waals surface area contributed by atoms with Gasteiger partial charge in [0.2, 0.25) is 0 Å². The van der Waals surface area contributed by atoms with Gasteiger partial charge in [0, 0.05) is 18.0 Å². The molecule has 2 aromatic rings. The second-order valence-electron chi connectivity index (χ2n) is 5.17. The summed E-state index contributed by atoms with van der Waals surface area (Å²) in [6, 6.07) is 11.2. The lowest BCUT2D eigenvalue weighted by Crippen LogP contribution is -2.15. The first-order chi connectivity index (χ1) is 10.0. The Morgan fingerprint density at radius 2 is 1.86 bits per heavy atom. The molecule has 1 amide bonds. The summed E-state index contributed by atoms with van der Waals surface area (Å²) in [5, 5.41) is 11.7. The molecule has 4 N–H and O–H groups in total. The van der Waals surface area contributed by atoms with Crippen LogP contribution in [0.4, 0.5) is 11.4 Å². The van der Waals surface area contributed by atoms with Gasteiger partial charge in [-0.25, -0.2) is 0 Å². The van der Waals surface area contributed by atoms with Gasteiger partial charge in [0.25, 0.3) is 5.91 Å². The molecule has 0 saturated heterocycles. The van der Waals surface area contributed by atoms with Crippen LogP contribution in [0.2, 0.25) is 0 Å². The number of hydrogen-bond acceptors (Lipinski definition) is 3. The smallest absolute Gasteiger partial charge is 0.257 e. The Balaban J connectivity index is 2.18. The van der Waals surface area contributed by atoms with E-state index in [1.165, 1.54) is 0 Å². The molecule has 0 heterocycles. The second kappa shape index (κ2) is 6.41. The van der Waals surface area contributed by atoms with Crippen molar-refractivity contribution >= 4 is 17.3 Å². The van der Waals surface area contributed by atoms with Gasteiger partial charge in [0.15, 0.2) is 0 Å². The molecule has 0 radical (unpaired) electrons. The number of nitrogen functional groups attached to an aromatic ring is 1. The number of nitrogens with one attached hydrogen (secondary N) is 1. The summed E-state index contributed by atoms with van der Waals surface area (Å²) >= 11 is 0. The Kier molecular flexibility index (Phi) is 4.60. The zero-order valence-electron chi connectivity index (χ0n) is 12.3. The van der Waals surface area contributed by atoms with E-state index in [4.69, 9.17) is 10.8 Å². The summed E-state index contributed by atoms with van der Waals surface area (Å²) in [5.74, 6) is -0.214. The van der Waals surface area contributed by atoms with Crippen LogP contribution >= 0.6 is 0 Å². The molecule has 0 atom stereocenters. The van der Waals surface area contributed by atoms with Crippen LogP contribution in [0, 0.1) is 13.8 Å². The molecule has 2 aromatic carbocycles. The van der Waals surface area contributed by atoms with Gasteiger partial charge >= 0.3 is 0 Å². The monoisotopic (exact) mass is 284 g/mol. The van der Waals surface area contributed by atoms with E-state index in [0.717, 1.165) is 16.7 Å². The third kappa shape index (κ3) is 3.61. The van der Waals surface area contributed by atoms with Crippen LogP contribution < -0.4 is 11.1 Å². The van der Waals surface area contributed by atoms with E-state index in [-0.39, 0.29) is 12.5 Å². The van der Waals surface area contributed by atoms with E-state index in [1.54, 1.807) is 6.07 Å². The largest absolute Gasteiger partial charge is 0.398 e. The van der Waals surface area contributed by atoms with E-state index in [2.05, 4.69) is 5.32 Å². The molecular weight excluding hydrogens is 264 g/mol. The fourth-order valence-electron chi connectivity index (χ4n) is 2.25. The van der Waals surface area contributed by atoms with Crippen LogP contribution in [0.5, 0.6) is 0 Å². The van der Waals surface area contributed by atoms with E-state index in [1.807, 2.05) is 44.2 Å². The van der Waals surface area contributed by atoms with Crippen LogP contribution in [0.3, 0.4) is 0 Å². The SMILES string of the molecule is Cc1cc(C)c(N)c(C(=O)Nc2ccc(CCO)cc2)c1.